The van der Waals surface area contributed by atoms with Crippen LogP contribution in [0, 0.1) is 0 Å². The molecule has 0 fully saturated rings. The van der Waals surface area contributed by atoms with E-state index in [-0.39, 0.29) is 0 Å². The van der Waals surface area contributed by atoms with E-state index in [0.29, 0.717) is 0 Å². The zero-order valence-corrected chi connectivity index (χ0v) is 25.0. The first-order valence-electron chi connectivity index (χ1n) is 12.4. The topological polar surface area (TPSA) is 20.2 Å². The van der Waals surface area contributed by atoms with Crippen molar-refractivity contribution in [2.75, 3.05) is 0 Å². The van der Waals surface area contributed by atoms with Crippen LogP contribution in [0.3, 0.4) is 0 Å². The summed E-state index contributed by atoms with van der Waals surface area (Å²) < 4.78 is 501. The summed E-state index contributed by atoms with van der Waals surface area (Å²) in [5, 5.41) is 7.45. The zero-order valence-electron chi connectivity index (χ0n) is 25.0. The molecule has 1 atom stereocenters. The summed E-state index contributed by atoms with van der Waals surface area (Å²) in [6, 6.07) is 0. The molecule has 0 aliphatic carbocycles. The Hall–Kier alpha value is -2.63. The van der Waals surface area contributed by atoms with E-state index >= 15 is 0 Å². The smallest absolute Gasteiger partial charge is 0.331 e. The Morgan fingerprint density at radius 3 is 0.431 bits per heavy atom. The fraction of sp³-hybridized carbons (Fsp3) is 1.00. The van der Waals surface area contributed by atoms with E-state index in [9.17, 15) is 162 Å². The molecule has 0 spiro atoms. The average Bonchev–Trinajstić information content (AvgIpc) is 2.98. The normalized spacial score (nSPS) is 17.8. The number of halogens is 37. The first-order valence-corrected chi connectivity index (χ1v) is 12.4. The van der Waals surface area contributed by atoms with Gasteiger partial charge in [0.15, 0.2) is 6.17 Å². The van der Waals surface area contributed by atoms with E-state index in [0.717, 1.165) is 0 Å². The SMILES string of the molecule is CC(F)C(F)(F)C(F)(F)C(F)(F)C(F)(F)C(F)(F)C(F)(F)C(F)(F)C(F)(F)C(F)(F)C(F)(F)C(F)(F)C(F)(F)C(F)(F)C(F)(F)C(F)(F)C(F)(F)C(F)(F)C(O)(F)F. The molecule has 0 amide bonds. The lowest BCUT2D eigenvalue weighted by Crippen LogP contribution is -2.80. The minimum atomic E-state index is -10.4. The molecule has 1 unspecified atom stereocenters. The Morgan fingerprint density at radius 2 is 0.328 bits per heavy atom. The van der Waals surface area contributed by atoms with E-state index in [1.165, 1.54) is 0 Å². The van der Waals surface area contributed by atoms with E-state index < -0.39 is 120 Å². The number of aliphatic hydroxyl groups is 1. The monoisotopic (exact) mass is 964 g/mol. The van der Waals surface area contributed by atoms with Crippen LogP contribution < -0.4 is 0 Å². The van der Waals surface area contributed by atoms with Gasteiger partial charge in [0.2, 0.25) is 0 Å². The van der Waals surface area contributed by atoms with E-state index in [1.807, 2.05) is 0 Å². The van der Waals surface area contributed by atoms with Gasteiger partial charge in [0.05, 0.1) is 0 Å². The van der Waals surface area contributed by atoms with Gasteiger partial charge >= 0.3 is 107 Å². The van der Waals surface area contributed by atoms with Gasteiger partial charge in [-0.1, -0.05) is 0 Å². The summed E-state index contributed by atoms with van der Waals surface area (Å²) in [6.45, 7) is -1.10. The molecule has 0 aromatic carbocycles. The van der Waals surface area contributed by atoms with Crippen LogP contribution in [-0.4, -0.2) is 118 Å². The largest absolute Gasteiger partial charge is 0.423 e. The second-order valence-corrected chi connectivity index (χ2v) is 11.0. The summed E-state index contributed by atoms with van der Waals surface area (Å²) in [5.74, 6) is -166. The van der Waals surface area contributed by atoms with Gasteiger partial charge in [-0.3, -0.25) is 0 Å². The second-order valence-electron chi connectivity index (χ2n) is 11.0. The van der Waals surface area contributed by atoms with Gasteiger partial charge in [-0.25, -0.2) is 4.39 Å². The molecule has 0 heterocycles. The standard InChI is InChI=1S/C20H5F37O/c1-2(21)3(22,23)4(24,25)5(26,27)6(28,29)7(30,31)8(32,33)9(34,35)10(36,37)11(38,39)12(40,41)13(42,43)14(44,45)15(46,47)16(48,49)17(50,51)18(52,53)19(54,55)20(56,57)58/h2,58H,1H3. The van der Waals surface area contributed by atoms with Crippen molar-refractivity contribution in [3.8, 4) is 0 Å². The summed E-state index contributed by atoms with van der Waals surface area (Å²) in [5.41, 5.74) is 0. The van der Waals surface area contributed by atoms with Gasteiger partial charge < -0.3 is 5.11 Å². The second kappa shape index (κ2) is 13.2. The van der Waals surface area contributed by atoms with Gasteiger partial charge in [0, 0.05) is 0 Å². The predicted molar refractivity (Wildman–Crippen MR) is 102 cm³/mol. The van der Waals surface area contributed by atoms with Crippen molar-refractivity contribution in [1.82, 2.24) is 0 Å². The Labute approximate surface area is 289 Å². The van der Waals surface area contributed by atoms with E-state index in [2.05, 4.69) is 0 Å². The maximum Gasteiger partial charge on any atom is 0.423 e. The molecule has 0 aliphatic heterocycles. The van der Waals surface area contributed by atoms with Crippen LogP contribution >= 0.6 is 0 Å². The third-order valence-corrected chi connectivity index (χ3v) is 7.21. The maximum absolute atomic E-state index is 13.9. The fourth-order valence-corrected chi connectivity index (χ4v) is 3.41. The Bertz CT molecular complexity index is 1490. The zero-order chi connectivity index (χ0) is 48.6. The molecule has 350 valence electrons. The quantitative estimate of drug-likeness (QED) is 0.136. The highest BCUT2D eigenvalue weighted by Crippen LogP contribution is 2.70. The molecule has 0 bridgehead atoms. The number of hydrogen-bond acceptors (Lipinski definition) is 1. The molecule has 0 aromatic rings. The number of alkyl halides is 37. The minimum absolute atomic E-state index is 1.10. The van der Waals surface area contributed by atoms with Gasteiger partial charge in [-0.05, 0) is 6.92 Å². The van der Waals surface area contributed by atoms with Crippen LogP contribution in [-0.2, 0) is 0 Å². The molecule has 0 aliphatic rings. The Morgan fingerprint density at radius 1 is 0.224 bits per heavy atom. The van der Waals surface area contributed by atoms with Crippen LogP contribution in [0.1, 0.15) is 6.92 Å². The molecule has 0 saturated carbocycles. The Balaban J connectivity index is 7.89. The first-order chi connectivity index (χ1) is 24.2. The molecule has 0 aromatic heterocycles. The van der Waals surface area contributed by atoms with Gasteiger partial charge in [-0.15, -0.1) is 0 Å². The van der Waals surface area contributed by atoms with Crippen molar-refractivity contribution in [3.05, 3.63) is 0 Å². The van der Waals surface area contributed by atoms with Crippen LogP contribution in [0.4, 0.5) is 162 Å². The van der Waals surface area contributed by atoms with Crippen LogP contribution in [0.5, 0.6) is 0 Å². The molecular weight excluding hydrogens is 959 g/mol. The van der Waals surface area contributed by atoms with Gasteiger partial charge in [-0.2, -0.15) is 158 Å². The highest BCUT2D eigenvalue weighted by Gasteiger charge is 3.02. The lowest BCUT2D eigenvalue weighted by molar-refractivity contribution is -0.495. The summed E-state index contributed by atoms with van der Waals surface area (Å²) in [6.07, 6.45) is -13.0. The molecule has 0 rings (SSSR count). The van der Waals surface area contributed by atoms with Crippen molar-refractivity contribution in [2.24, 2.45) is 0 Å². The summed E-state index contributed by atoms with van der Waals surface area (Å²) in [7, 11) is 0. The average molecular weight is 964 g/mol. The summed E-state index contributed by atoms with van der Waals surface area (Å²) >= 11 is 0. The van der Waals surface area contributed by atoms with Crippen molar-refractivity contribution in [1.29, 1.82) is 0 Å². The van der Waals surface area contributed by atoms with E-state index in [1.54, 1.807) is 0 Å². The molecule has 1 nitrogen and oxygen atoms in total. The summed E-state index contributed by atoms with van der Waals surface area (Å²) in [4.78, 5) is 0. The third kappa shape index (κ3) is 5.99. The molecular formula is C20H5F37O. The Kier molecular flexibility index (Phi) is 12.6. The van der Waals surface area contributed by atoms with Crippen molar-refractivity contribution < 1.29 is 168 Å². The van der Waals surface area contributed by atoms with Crippen molar-refractivity contribution in [2.45, 2.75) is 120 Å². The number of rotatable bonds is 18. The van der Waals surface area contributed by atoms with Gasteiger partial charge in [0.1, 0.15) is 0 Å². The highest BCUT2D eigenvalue weighted by molar-refractivity contribution is 5.23. The minimum Gasteiger partial charge on any atom is -0.331 e. The highest BCUT2D eigenvalue weighted by atomic mass is 19.4. The first kappa shape index (κ1) is 55.4. The molecule has 0 saturated heterocycles. The van der Waals surface area contributed by atoms with Crippen molar-refractivity contribution in [3.63, 3.8) is 0 Å². The number of hydrogen-bond donors (Lipinski definition) is 1. The lowest BCUT2D eigenvalue weighted by atomic mass is 9.82. The molecule has 1 N–H and O–H groups in total. The van der Waals surface area contributed by atoms with Crippen LogP contribution in [0.15, 0.2) is 0 Å². The van der Waals surface area contributed by atoms with Gasteiger partial charge in [0.25, 0.3) is 0 Å². The lowest BCUT2D eigenvalue weighted by Gasteiger charge is -2.47. The van der Waals surface area contributed by atoms with Crippen LogP contribution in [0.25, 0.3) is 0 Å². The molecule has 38 heteroatoms. The third-order valence-electron chi connectivity index (χ3n) is 7.21. The fourth-order valence-electron chi connectivity index (χ4n) is 3.41. The van der Waals surface area contributed by atoms with Crippen LogP contribution in [0.2, 0.25) is 0 Å². The molecule has 0 radical (unpaired) electrons. The van der Waals surface area contributed by atoms with Crippen molar-refractivity contribution >= 4 is 0 Å². The van der Waals surface area contributed by atoms with E-state index in [4.69, 9.17) is 5.11 Å². The molecule has 58 heavy (non-hydrogen) atoms. The predicted octanol–water partition coefficient (Wildman–Crippen LogP) is 11.7. The maximum atomic E-state index is 13.9.